The molecule has 25 heavy (non-hydrogen) atoms. The van der Waals surface area contributed by atoms with Gasteiger partial charge in [0.2, 0.25) is 5.91 Å². The first-order valence-corrected chi connectivity index (χ1v) is 8.46. The number of aromatic nitrogens is 1. The Morgan fingerprint density at radius 3 is 2.52 bits per heavy atom. The van der Waals surface area contributed by atoms with Gasteiger partial charge in [0.1, 0.15) is 11.5 Å². The second-order valence-corrected chi connectivity index (χ2v) is 6.07. The number of benzene rings is 2. The van der Waals surface area contributed by atoms with Crippen LogP contribution in [0, 0.1) is 13.8 Å². The van der Waals surface area contributed by atoms with Crippen molar-refractivity contribution in [3.8, 4) is 11.3 Å². The number of carbonyl (C=O) groups is 1. The van der Waals surface area contributed by atoms with Gasteiger partial charge in [0.05, 0.1) is 6.42 Å². The third kappa shape index (κ3) is 4.35. The molecule has 0 aliphatic rings. The molecular formula is C21H22N2O2. The molecule has 0 spiro atoms. The molecule has 0 saturated carbocycles. The fourth-order valence-electron chi connectivity index (χ4n) is 2.82. The fraction of sp³-hybridized carbons (Fsp3) is 0.238. The minimum absolute atomic E-state index is 0.0202. The molecule has 3 aromatic rings. The molecule has 1 heterocycles. The summed E-state index contributed by atoms with van der Waals surface area (Å²) in [5.74, 6) is 1.46. The van der Waals surface area contributed by atoms with E-state index in [0.29, 0.717) is 25.3 Å². The van der Waals surface area contributed by atoms with Gasteiger partial charge in [-0.1, -0.05) is 54.6 Å². The van der Waals surface area contributed by atoms with Crippen molar-refractivity contribution in [3.63, 3.8) is 0 Å². The van der Waals surface area contributed by atoms with Crippen molar-refractivity contribution in [2.45, 2.75) is 26.7 Å². The summed E-state index contributed by atoms with van der Waals surface area (Å²) in [6.45, 7) is 4.39. The average molecular weight is 334 g/mol. The smallest absolute Gasteiger partial charge is 0.224 e. The third-order valence-electron chi connectivity index (χ3n) is 4.14. The van der Waals surface area contributed by atoms with Crippen LogP contribution >= 0.6 is 0 Å². The number of nitrogens with zero attached hydrogens (tertiary/aromatic N) is 1. The van der Waals surface area contributed by atoms with Crippen molar-refractivity contribution in [1.82, 2.24) is 10.3 Å². The van der Waals surface area contributed by atoms with E-state index in [0.717, 1.165) is 28.1 Å². The van der Waals surface area contributed by atoms with E-state index >= 15 is 0 Å². The Morgan fingerprint density at radius 2 is 1.76 bits per heavy atom. The maximum atomic E-state index is 12.2. The Bertz CT molecular complexity index is 853. The van der Waals surface area contributed by atoms with E-state index in [4.69, 9.17) is 4.42 Å². The largest absolute Gasteiger partial charge is 0.445 e. The zero-order valence-electron chi connectivity index (χ0n) is 14.6. The van der Waals surface area contributed by atoms with Crippen LogP contribution in [0.1, 0.15) is 22.8 Å². The van der Waals surface area contributed by atoms with E-state index in [-0.39, 0.29) is 5.91 Å². The predicted octanol–water partition coefficient (Wildman–Crippen LogP) is 3.86. The van der Waals surface area contributed by atoms with Gasteiger partial charge in [-0.05, 0) is 18.1 Å². The molecule has 0 saturated heterocycles. The van der Waals surface area contributed by atoms with E-state index in [9.17, 15) is 4.79 Å². The van der Waals surface area contributed by atoms with Crippen LogP contribution in [0.25, 0.3) is 11.3 Å². The Hall–Kier alpha value is -2.88. The van der Waals surface area contributed by atoms with Crippen molar-refractivity contribution in [2.75, 3.05) is 6.54 Å². The molecule has 1 N–H and O–H groups in total. The maximum absolute atomic E-state index is 12.2. The molecule has 0 radical (unpaired) electrons. The summed E-state index contributed by atoms with van der Waals surface area (Å²) in [7, 11) is 0. The molecule has 1 aromatic heterocycles. The second-order valence-electron chi connectivity index (χ2n) is 6.07. The van der Waals surface area contributed by atoms with Gasteiger partial charge in [0.15, 0.2) is 5.89 Å². The molecular weight excluding hydrogens is 312 g/mol. The summed E-state index contributed by atoms with van der Waals surface area (Å²) in [6, 6.07) is 17.9. The van der Waals surface area contributed by atoms with Gasteiger partial charge >= 0.3 is 0 Å². The second kappa shape index (κ2) is 7.79. The monoisotopic (exact) mass is 334 g/mol. The number of carbonyl (C=O) groups excluding carboxylic acids is 1. The minimum Gasteiger partial charge on any atom is -0.445 e. The first-order chi connectivity index (χ1) is 12.1. The number of hydrogen-bond acceptors (Lipinski definition) is 3. The van der Waals surface area contributed by atoms with Crippen molar-refractivity contribution in [1.29, 1.82) is 0 Å². The Balaban J connectivity index is 1.59. The van der Waals surface area contributed by atoms with Gasteiger partial charge in [0, 0.05) is 25.5 Å². The molecule has 0 bridgehead atoms. The molecule has 0 aliphatic heterocycles. The van der Waals surface area contributed by atoms with Gasteiger partial charge < -0.3 is 9.73 Å². The van der Waals surface area contributed by atoms with Crippen LogP contribution in [0.5, 0.6) is 0 Å². The quantitative estimate of drug-likeness (QED) is 0.745. The summed E-state index contributed by atoms with van der Waals surface area (Å²) in [5.41, 5.74) is 4.07. The first kappa shape index (κ1) is 17.0. The molecule has 3 rings (SSSR count). The van der Waals surface area contributed by atoms with E-state index in [1.54, 1.807) is 0 Å². The number of nitrogens with one attached hydrogen (secondary N) is 1. The number of rotatable bonds is 6. The molecule has 4 heteroatoms. The maximum Gasteiger partial charge on any atom is 0.224 e. The SMILES string of the molecule is Cc1nc(-c2ccccc2)c(CCNC(=O)Cc2ccccc2C)o1. The summed E-state index contributed by atoms with van der Waals surface area (Å²) < 4.78 is 5.73. The van der Waals surface area contributed by atoms with Crippen LogP contribution in [-0.2, 0) is 17.6 Å². The molecule has 128 valence electrons. The number of oxazole rings is 1. The lowest BCUT2D eigenvalue weighted by Gasteiger charge is -2.07. The normalized spacial score (nSPS) is 10.6. The van der Waals surface area contributed by atoms with Crippen molar-refractivity contribution in [3.05, 3.63) is 77.4 Å². The molecule has 4 nitrogen and oxygen atoms in total. The van der Waals surface area contributed by atoms with Crippen LogP contribution < -0.4 is 5.32 Å². The molecule has 0 atom stereocenters. The van der Waals surface area contributed by atoms with Crippen LogP contribution in [-0.4, -0.2) is 17.4 Å². The van der Waals surface area contributed by atoms with E-state index in [1.165, 1.54) is 0 Å². The molecule has 0 unspecified atom stereocenters. The number of hydrogen-bond donors (Lipinski definition) is 1. The standard InChI is InChI=1S/C21H22N2O2/c1-15-8-6-7-11-18(15)14-20(24)22-13-12-19-21(23-16(2)25-19)17-9-4-3-5-10-17/h3-11H,12-14H2,1-2H3,(H,22,24). The minimum atomic E-state index is 0.0202. The number of aryl methyl sites for hydroxylation is 2. The van der Waals surface area contributed by atoms with Crippen molar-refractivity contribution in [2.24, 2.45) is 0 Å². The lowest BCUT2D eigenvalue weighted by Crippen LogP contribution is -2.27. The summed E-state index contributed by atoms with van der Waals surface area (Å²) >= 11 is 0. The van der Waals surface area contributed by atoms with Gasteiger partial charge in [-0.25, -0.2) is 4.98 Å². The highest BCUT2D eigenvalue weighted by atomic mass is 16.4. The summed E-state index contributed by atoms with van der Waals surface area (Å²) in [4.78, 5) is 16.6. The highest BCUT2D eigenvalue weighted by Gasteiger charge is 2.13. The topological polar surface area (TPSA) is 55.1 Å². The third-order valence-corrected chi connectivity index (χ3v) is 4.14. The molecule has 2 aromatic carbocycles. The lowest BCUT2D eigenvalue weighted by molar-refractivity contribution is -0.120. The Labute approximate surface area is 147 Å². The highest BCUT2D eigenvalue weighted by molar-refractivity contribution is 5.78. The average Bonchev–Trinajstić information content (AvgIpc) is 2.98. The lowest BCUT2D eigenvalue weighted by atomic mass is 10.1. The Kier molecular flexibility index (Phi) is 5.29. The van der Waals surface area contributed by atoms with E-state index in [1.807, 2.05) is 68.4 Å². The van der Waals surface area contributed by atoms with Crippen LogP contribution in [0.15, 0.2) is 59.0 Å². The van der Waals surface area contributed by atoms with Crippen LogP contribution in [0.4, 0.5) is 0 Å². The van der Waals surface area contributed by atoms with Crippen molar-refractivity contribution >= 4 is 5.91 Å². The van der Waals surface area contributed by atoms with Gasteiger partial charge in [-0.2, -0.15) is 0 Å². The molecule has 0 aliphatic carbocycles. The summed E-state index contributed by atoms with van der Waals surface area (Å²) in [6.07, 6.45) is 1.01. The molecule has 0 fully saturated rings. The van der Waals surface area contributed by atoms with E-state index in [2.05, 4.69) is 10.3 Å². The van der Waals surface area contributed by atoms with Gasteiger partial charge in [-0.15, -0.1) is 0 Å². The van der Waals surface area contributed by atoms with Gasteiger partial charge in [0.25, 0.3) is 0 Å². The number of amides is 1. The zero-order chi connectivity index (χ0) is 17.6. The fourth-order valence-corrected chi connectivity index (χ4v) is 2.82. The first-order valence-electron chi connectivity index (χ1n) is 8.46. The van der Waals surface area contributed by atoms with Crippen molar-refractivity contribution < 1.29 is 9.21 Å². The Morgan fingerprint density at radius 1 is 1.04 bits per heavy atom. The zero-order valence-corrected chi connectivity index (χ0v) is 14.6. The predicted molar refractivity (Wildman–Crippen MR) is 98.3 cm³/mol. The van der Waals surface area contributed by atoms with Crippen LogP contribution in [0.2, 0.25) is 0 Å². The highest BCUT2D eigenvalue weighted by Crippen LogP contribution is 2.23. The van der Waals surface area contributed by atoms with Gasteiger partial charge in [-0.3, -0.25) is 4.79 Å². The summed E-state index contributed by atoms with van der Waals surface area (Å²) in [5, 5.41) is 2.97. The van der Waals surface area contributed by atoms with Crippen LogP contribution in [0.3, 0.4) is 0 Å². The molecule has 1 amide bonds. The van der Waals surface area contributed by atoms with E-state index < -0.39 is 0 Å².